The second-order valence-corrected chi connectivity index (χ2v) is 4.46. The van der Waals surface area contributed by atoms with Crippen LogP contribution in [-0.2, 0) is 4.74 Å². The number of ether oxygens (including phenoxy) is 1. The highest BCUT2D eigenvalue weighted by Gasteiger charge is 2.46. The van der Waals surface area contributed by atoms with Gasteiger partial charge in [0.15, 0.2) is 0 Å². The molecule has 1 spiro atoms. The number of hydrogen-bond donors (Lipinski definition) is 0. The molecule has 2 saturated heterocycles. The van der Waals surface area contributed by atoms with E-state index in [0.717, 1.165) is 19.3 Å². The summed E-state index contributed by atoms with van der Waals surface area (Å²) in [5, 5.41) is 0. The molecule has 0 aromatic rings. The molecule has 70 valence electrons. The zero-order valence-electron chi connectivity index (χ0n) is 8.18. The van der Waals surface area contributed by atoms with Crippen LogP contribution >= 0.6 is 0 Å². The summed E-state index contributed by atoms with van der Waals surface area (Å²) in [5.74, 6) is 0. The monoisotopic (exact) mass is 169 g/mol. The molecule has 2 aliphatic heterocycles. The van der Waals surface area contributed by atoms with E-state index >= 15 is 0 Å². The number of likely N-dealkylation sites (tertiary alicyclic amines) is 1. The van der Waals surface area contributed by atoms with Crippen molar-refractivity contribution in [3.63, 3.8) is 0 Å². The van der Waals surface area contributed by atoms with Gasteiger partial charge in [-0.1, -0.05) is 6.92 Å². The Morgan fingerprint density at radius 2 is 2.25 bits per heavy atom. The van der Waals surface area contributed by atoms with Crippen LogP contribution in [0.3, 0.4) is 0 Å². The van der Waals surface area contributed by atoms with E-state index in [4.69, 9.17) is 4.74 Å². The molecule has 0 bridgehead atoms. The minimum Gasteiger partial charge on any atom is -0.381 e. The van der Waals surface area contributed by atoms with Crippen molar-refractivity contribution in [3.8, 4) is 0 Å². The first-order valence-electron chi connectivity index (χ1n) is 5.07. The summed E-state index contributed by atoms with van der Waals surface area (Å²) >= 11 is 0. The average Bonchev–Trinajstić information content (AvgIpc) is 2.48. The molecule has 0 radical (unpaired) electrons. The summed E-state index contributed by atoms with van der Waals surface area (Å²) in [6.45, 7) is 9.15. The first kappa shape index (κ1) is 8.52. The van der Waals surface area contributed by atoms with E-state index in [2.05, 4.69) is 18.7 Å². The van der Waals surface area contributed by atoms with Crippen LogP contribution in [0.4, 0.5) is 0 Å². The normalized spacial score (nSPS) is 30.5. The zero-order valence-corrected chi connectivity index (χ0v) is 8.18. The highest BCUT2D eigenvalue weighted by atomic mass is 16.5. The fraction of sp³-hybridized carbons (Fsp3) is 1.00. The molecule has 0 N–H and O–H groups in total. The third-order valence-corrected chi connectivity index (χ3v) is 3.48. The average molecular weight is 169 g/mol. The molecule has 2 nitrogen and oxygen atoms in total. The van der Waals surface area contributed by atoms with Crippen LogP contribution in [0.15, 0.2) is 0 Å². The van der Waals surface area contributed by atoms with Crippen LogP contribution in [0.2, 0.25) is 0 Å². The minimum absolute atomic E-state index is 0.573. The van der Waals surface area contributed by atoms with E-state index < -0.39 is 0 Å². The SMILES string of the molecule is CCC(C)N1CC2(CCOC2)C1. The van der Waals surface area contributed by atoms with Gasteiger partial charge in [-0.05, 0) is 19.8 Å². The van der Waals surface area contributed by atoms with Gasteiger partial charge < -0.3 is 4.74 Å². The fourth-order valence-corrected chi connectivity index (χ4v) is 2.28. The summed E-state index contributed by atoms with van der Waals surface area (Å²) in [4.78, 5) is 2.58. The molecule has 0 amide bonds. The molecule has 12 heavy (non-hydrogen) atoms. The lowest BCUT2D eigenvalue weighted by Gasteiger charge is -2.50. The molecule has 2 heterocycles. The van der Waals surface area contributed by atoms with Crippen molar-refractivity contribution < 1.29 is 4.74 Å². The first-order valence-corrected chi connectivity index (χ1v) is 5.07. The van der Waals surface area contributed by atoms with Gasteiger partial charge in [0.05, 0.1) is 6.61 Å². The molecule has 0 saturated carbocycles. The van der Waals surface area contributed by atoms with Gasteiger partial charge in [-0.25, -0.2) is 0 Å². The lowest BCUT2D eigenvalue weighted by Crippen LogP contribution is -2.59. The molecule has 2 aliphatic rings. The Balaban J connectivity index is 1.82. The van der Waals surface area contributed by atoms with Crippen LogP contribution in [0.25, 0.3) is 0 Å². The largest absolute Gasteiger partial charge is 0.381 e. The predicted molar refractivity (Wildman–Crippen MR) is 49.2 cm³/mol. The third-order valence-electron chi connectivity index (χ3n) is 3.48. The number of rotatable bonds is 2. The van der Waals surface area contributed by atoms with Crippen molar-refractivity contribution in [2.75, 3.05) is 26.3 Å². The molecular weight excluding hydrogens is 150 g/mol. The molecule has 1 unspecified atom stereocenters. The topological polar surface area (TPSA) is 12.5 Å². The van der Waals surface area contributed by atoms with Crippen LogP contribution in [0, 0.1) is 5.41 Å². The number of nitrogens with zero attached hydrogens (tertiary/aromatic N) is 1. The lowest BCUT2D eigenvalue weighted by atomic mass is 9.78. The van der Waals surface area contributed by atoms with Crippen molar-refractivity contribution in [1.82, 2.24) is 4.90 Å². The zero-order chi connectivity index (χ0) is 8.60. The van der Waals surface area contributed by atoms with Gasteiger partial charge in [0.1, 0.15) is 0 Å². The molecular formula is C10H19NO. The highest BCUT2D eigenvalue weighted by Crippen LogP contribution is 2.39. The number of hydrogen-bond acceptors (Lipinski definition) is 2. The van der Waals surface area contributed by atoms with E-state index in [1.807, 2.05) is 0 Å². The van der Waals surface area contributed by atoms with E-state index in [0.29, 0.717) is 5.41 Å². The molecule has 2 fully saturated rings. The molecule has 2 rings (SSSR count). The molecule has 0 aliphatic carbocycles. The predicted octanol–water partition coefficient (Wildman–Crippen LogP) is 1.51. The van der Waals surface area contributed by atoms with E-state index in [1.165, 1.54) is 25.9 Å². The van der Waals surface area contributed by atoms with Gasteiger partial charge in [0.2, 0.25) is 0 Å². The van der Waals surface area contributed by atoms with Gasteiger partial charge >= 0.3 is 0 Å². The Morgan fingerprint density at radius 3 is 2.75 bits per heavy atom. The third kappa shape index (κ3) is 1.27. The lowest BCUT2D eigenvalue weighted by molar-refractivity contribution is -0.0318. The standard InChI is InChI=1S/C10H19NO/c1-3-9(2)11-6-10(7-11)4-5-12-8-10/h9H,3-8H2,1-2H3. The van der Waals surface area contributed by atoms with Gasteiger partial charge in [-0.3, -0.25) is 4.90 Å². The minimum atomic E-state index is 0.573. The summed E-state index contributed by atoms with van der Waals surface area (Å²) < 4.78 is 5.44. The quantitative estimate of drug-likeness (QED) is 0.621. The van der Waals surface area contributed by atoms with Crippen LogP contribution < -0.4 is 0 Å². The molecule has 2 heteroatoms. The van der Waals surface area contributed by atoms with E-state index in [9.17, 15) is 0 Å². The smallest absolute Gasteiger partial charge is 0.0547 e. The van der Waals surface area contributed by atoms with Crippen molar-refractivity contribution in [1.29, 1.82) is 0 Å². The Labute approximate surface area is 74.9 Å². The van der Waals surface area contributed by atoms with Crippen molar-refractivity contribution in [3.05, 3.63) is 0 Å². The maximum Gasteiger partial charge on any atom is 0.0547 e. The summed E-state index contributed by atoms with van der Waals surface area (Å²) in [6.07, 6.45) is 2.57. The van der Waals surface area contributed by atoms with Crippen LogP contribution in [0.5, 0.6) is 0 Å². The van der Waals surface area contributed by atoms with Crippen LogP contribution in [-0.4, -0.2) is 37.2 Å². The highest BCUT2D eigenvalue weighted by molar-refractivity contribution is 4.98. The molecule has 0 aromatic heterocycles. The van der Waals surface area contributed by atoms with E-state index in [-0.39, 0.29) is 0 Å². The Morgan fingerprint density at radius 1 is 1.50 bits per heavy atom. The molecule has 0 aromatic carbocycles. The Kier molecular flexibility index (Phi) is 2.13. The summed E-state index contributed by atoms with van der Waals surface area (Å²) in [6, 6.07) is 0.774. The van der Waals surface area contributed by atoms with Gasteiger partial charge in [-0.15, -0.1) is 0 Å². The van der Waals surface area contributed by atoms with Crippen molar-refractivity contribution in [2.45, 2.75) is 32.7 Å². The second-order valence-electron chi connectivity index (χ2n) is 4.46. The van der Waals surface area contributed by atoms with Gasteiger partial charge in [0, 0.05) is 31.2 Å². The summed E-state index contributed by atoms with van der Waals surface area (Å²) in [7, 11) is 0. The first-order chi connectivity index (χ1) is 5.76. The van der Waals surface area contributed by atoms with E-state index in [1.54, 1.807) is 0 Å². The van der Waals surface area contributed by atoms with Crippen molar-refractivity contribution >= 4 is 0 Å². The fourth-order valence-electron chi connectivity index (χ4n) is 2.28. The second kappa shape index (κ2) is 3.00. The maximum absolute atomic E-state index is 5.44. The molecule has 1 atom stereocenters. The summed E-state index contributed by atoms with van der Waals surface area (Å²) in [5.41, 5.74) is 0.573. The van der Waals surface area contributed by atoms with Gasteiger partial charge in [0.25, 0.3) is 0 Å². The Bertz CT molecular complexity index is 155. The maximum atomic E-state index is 5.44. The Hall–Kier alpha value is -0.0800. The van der Waals surface area contributed by atoms with Crippen LogP contribution in [0.1, 0.15) is 26.7 Å². The van der Waals surface area contributed by atoms with Gasteiger partial charge in [-0.2, -0.15) is 0 Å². The van der Waals surface area contributed by atoms with Crippen molar-refractivity contribution in [2.24, 2.45) is 5.41 Å².